The minimum absolute atomic E-state index is 0.124. The topological polar surface area (TPSA) is 105 Å². The second-order valence-electron chi connectivity index (χ2n) is 5.15. The Morgan fingerprint density at radius 2 is 1.80 bits per heavy atom. The molecule has 0 fully saturated rings. The molecule has 7 nitrogen and oxygen atoms in total. The lowest BCUT2D eigenvalue weighted by Crippen LogP contribution is -2.27. The Balaban J connectivity index is 2.05. The van der Waals surface area contributed by atoms with E-state index >= 15 is 0 Å². The van der Waals surface area contributed by atoms with Crippen LogP contribution in [0.15, 0.2) is 47.4 Å². The highest BCUT2D eigenvalue weighted by Crippen LogP contribution is 2.27. The molecule has 0 aliphatic heterocycles. The van der Waals surface area contributed by atoms with Gasteiger partial charge >= 0.3 is 0 Å². The normalized spacial score (nSPS) is 11.1. The molecule has 0 aromatic heterocycles. The van der Waals surface area contributed by atoms with Crippen LogP contribution in [0.1, 0.15) is 15.9 Å². The Hall–Kier alpha value is -2.58. The van der Waals surface area contributed by atoms with Crippen molar-refractivity contribution in [2.75, 3.05) is 20.8 Å². The Labute approximate surface area is 146 Å². The number of carbonyl (C=O) groups is 1. The SMILES string of the molecule is COc1ccc(CCNS(=O)(=O)c2cccc(C(=O)[O-])c2)cc1OC. The van der Waals surface area contributed by atoms with Crippen LogP contribution in [0, 0.1) is 0 Å². The van der Waals surface area contributed by atoms with Gasteiger partial charge in [-0.3, -0.25) is 0 Å². The second-order valence-corrected chi connectivity index (χ2v) is 6.92. The Morgan fingerprint density at radius 3 is 2.44 bits per heavy atom. The monoisotopic (exact) mass is 364 g/mol. The van der Waals surface area contributed by atoms with Crippen LogP contribution in [0.5, 0.6) is 11.5 Å². The summed E-state index contributed by atoms with van der Waals surface area (Å²) in [5.41, 5.74) is 0.673. The summed E-state index contributed by atoms with van der Waals surface area (Å²) < 4.78 is 37.3. The van der Waals surface area contributed by atoms with Crippen molar-refractivity contribution in [3.63, 3.8) is 0 Å². The number of benzene rings is 2. The summed E-state index contributed by atoms with van der Waals surface area (Å²) in [4.78, 5) is 10.7. The van der Waals surface area contributed by atoms with Crippen LogP contribution in [0.25, 0.3) is 0 Å². The predicted molar refractivity (Wildman–Crippen MR) is 89.2 cm³/mol. The zero-order valence-corrected chi connectivity index (χ0v) is 14.6. The van der Waals surface area contributed by atoms with Gasteiger partial charge in [0.15, 0.2) is 11.5 Å². The van der Waals surface area contributed by atoms with Crippen molar-refractivity contribution in [2.45, 2.75) is 11.3 Å². The first-order chi connectivity index (χ1) is 11.9. The maximum Gasteiger partial charge on any atom is 0.240 e. The highest BCUT2D eigenvalue weighted by atomic mass is 32.2. The van der Waals surface area contributed by atoms with Crippen molar-refractivity contribution < 1.29 is 27.8 Å². The first-order valence-electron chi connectivity index (χ1n) is 7.39. The van der Waals surface area contributed by atoms with Gasteiger partial charge in [0.2, 0.25) is 10.0 Å². The highest BCUT2D eigenvalue weighted by Gasteiger charge is 2.14. The third kappa shape index (κ3) is 4.71. The Kier molecular flexibility index (Phi) is 6.00. The van der Waals surface area contributed by atoms with Crippen LogP contribution in [0.3, 0.4) is 0 Å². The number of nitrogens with one attached hydrogen (secondary N) is 1. The van der Waals surface area contributed by atoms with E-state index in [0.29, 0.717) is 17.9 Å². The molecule has 0 spiro atoms. The third-order valence-corrected chi connectivity index (χ3v) is 4.99. The number of carboxylic acid groups (broad SMARTS) is 1. The lowest BCUT2D eigenvalue weighted by Gasteiger charge is -2.11. The quantitative estimate of drug-likeness (QED) is 0.735. The van der Waals surface area contributed by atoms with Crippen molar-refractivity contribution in [3.8, 4) is 11.5 Å². The largest absolute Gasteiger partial charge is 0.545 e. The Morgan fingerprint density at radius 1 is 1.08 bits per heavy atom. The second kappa shape index (κ2) is 8.00. The lowest BCUT2D eigenvalue weighted by atomic mass is 10.1. The molecule has 8 heteroatoms. The van der Waals surface area contributed by atoms with Gasteiger partial charge in [-0.2, -0.15) is 0 Å². The van der Waals surface area contributed by atoms with Crippen LogP contribution in [0.2, 0.25) is 0 Å². The predicted octanol–water partition coefficient (Wildman–Crippen LogP) is 0.588. The van der Waals surface area contributed by atoms with Gasteiger partial charge in [0.05, 0.1) is 25.1 Å². The van der Waals surface area contributed by atoms with Crippen molar-refractivity contribution in [1.82, 2.24) is 4.72 Å². The van der Waals surface area contributed by atoms with E-state index < -0.39 is 16.0 Å². The Bertz CT molecular complexity index is 863. The van der Waals surface area contributed by atoms with Gasteiger partial charge in [-0.1, -0.05) is 18.2 Å². The lowest BCUT2D eigenvalue weighted by molar-refractivity contribution is -0.255. The zero-order valence-electron chi connectivity index (χ0n) is 13.8. The molecule has 0 heterocycles. The first kappa shape index (κ1) is 18.8. The molecule has 0 unspecified atom stereocenters. The minimum Gasteiger partial charge on any atom is -0.545 e. The van der Waals surface area contributed by atoms with Gasteiger partial charge in [0, 0.05) is 6.54 Å². The molecule has 0 atom stereocenters. The van der Waals surface area contributed by atoms with E-state index in [9.17, 15) is 18.3 Å². The standard InChI is InChI=1S/C17H19NO6S/c1-23-15-7-6-12(10-16(15)24-2)8-9-18-25(21,22)14-5-3-4-13(11-14)17(19)20/h3-7,10-11,18H,8-9H2,1-2H3,(H,19,20)/p-1. The summed E-state index contributed by atoms with van der Waals surface area (Å²) in [6.07, 6.45) is 0.430. The molecule has 0 aliphatic rings. The fourth-order valence-corrected chi connectivity index (χ4v) is 3.32. The van der Waals surface area contributed by atoms with Crippen LogP contribution in [0.4, 0.5) is 0 Å². The number of carboxylic acids is 1. The van der Waals surface area contributed by atoms with Gasteiger partial charge < -0.3 is 19.4 Å². The van der Waals surface area contributed by atoms with Gasteiger partial charge in [0.25, 0.3) is 0 Å². The number of hydrogen-bond donors (Lipinski definition) is 1. The van der Waals surface area contributed by atoms with E-state index in [-0.39, 0.29) is 17.0 Å². The third-order valence-electron chi connectivity index (χ3n) is 3.53. The summed E-state index contributed by atoms with van der Waals surface area (Å²) in [6, 6.07) is 10.3. The molecule has 0 saturated carbocycles. The van der Waals surface area contributed by atoms with E-state index in [4.69, 9.17) is 9.47 Å². The summed E-state index contributed by atoms with van der Waals surface area (Å²) in [5.74, 6) is -0.280. The van der Waals surface area contributed by atoms with Crippen molar-refractivity contribution >= 4 is 16.0 Å². The molecular formula is C17H18NO6S-. The van der Waals surface area contributed by atoms with Crippen molar-refractivity contribution in [1.29, 1.82) is 0 Å². The molecule has 2 aromatic rings. The molecule has 2 aromatic carbocycles. The molecule has 25 heavy (non-hydrogen) atoms. The van der Waals surface area contributed by atoms with E-state index in [0.717, 1.165) is 11.6 Å². The van der Waals surface area contributed by atoms with E-state index in [1.54, 1.807) is 12.1 Å². The van der Waals surface area contributed by atoms with Gasteiger partial charge in [0.1, 0.15) is 0 Å². The van der Waals surface area contributed by atoms with Crippen LogP contribution in [-0.4, -0.2) is 35.2 Å². The average molecular weight is 364 g/mol. The summed E-state index contributed by atoms with van der Waals surface area (Å²) in [5, 5.41) is 10.8. The number of aromatic carboxylic acids is 1. The molecule has 0 amide bonds. The van der Waals surface area contributed by atoms with Gasteiger partial charge in [-0.05, 0) is 41.8 Å². The van der Waals surface area contributed by atoms with Gasteiger partial charge in [-0.25, -0.2) is 13.1 Å². The van der Waals surface area contributed by atoms with E-state index in [1.165, 1.54) is 32.4 Å². The fourth-order valence-electron chi connectivity index (χ4n) is 2.24. The molecule has 134 valence electrons. The zero-order chi connectivity index (χ0) is 18.4. The number of carbonyl (C=O) groups excluding carboxylic acids is 1. The van der Waals surface area contributed by atoms with Crippen LogP contribution < -0.4 is 19.3 Å². The van der Waals surface area contributed by atoms with Crippen LogP contribution in [-0.2, 0) is 16.4 Å². The summed E-state index contributed by atoms with van der Waals surface area (Å²) in [7, 11) is -0.755. The number of ether oxygens (including phenoxy) is 2. The molecular weight excluding hydrogens is 346 g/mol. The highest BCUT2D eigenvalue weighted by molar-refractivity contribution is 7.89. The number of methoxy groups -OCH3 is 2. The van der Waals surface area contributed by atoms with Gasteiger partial charge in [-0.15, -0.1) is 0 Å². The molecule has 0 radical (unpaired) electrons. The molecule has 0 aliphatic carbocycles. The maximum atomic E-state index is 12.3. The van der Waals surface area contributed by atoms with Crippen molar-refractivity contribution in [2.24, 2.45) is 0 Å². The average Bonchev–Trinajstić information content (AvgIpc) is 2.61. The minimum atomic E-state index is -3.81. The van der Waals surface area contributed by atoms with E-state index in [2.05, 4.69) is 4.72 Å². The maximum absolute atomic E-state index is 12.3. The summed E-state index contributed by atoms with van der Waals surface area (Å²) in [6.45, 7) is 0.146. The summed E-state index contributed by atoms with van der Waals surface area (Å²) >= 11 is 0. The number of hydrogen-bond acceptors (Lipinski definition) is 6. The van der Waals surface area contributed by atoms with Crippen LogP contribution >= 0.6 is 0 Å². The van der Waals surface area contributed by atoms with Crippen molar-refractivity contribution in [3.05, 3.63) is 53.6 Å². The number of sulfonamides is 1. The number of rotatable bonds is 8. The first-order valence-corrected chi connectivity index (χ1v) is 8.87. The van der Waals surface area contributed by atoms with E-state index in [1.807, 2.05) is 6.07 Å². The molecule has 1 N–H and O–H groups in total. The molecule has 2 rings (SSSR count). The molecule has 0 saturated heterocycles. The molecule has 0 bridgehead atoms. The smallest absolute Gasteiger partial charge is 0.240 e. The fraction of sp³-hybridized carbons (Fsp3) is 0.235.